The molecule has 0 fully saturated rings. The summed E-state index contributed by atoms with van der Waals surface area (Å²) in [6, 6.07) is 14.0. The van der Waals surface area contributed by atoms with Crippen molar-refractivity contribution in [3.05, 3.63) is 65.3 Å². The lowest BCUT2D eigenvalue weighted by Crippen LogP contribution is -2.27. The van der Waals surface area contributed by atoms with Crippen molar-refractivity contribution in [3.63, 3.8) is 0 Å². The summed E-state index contributed by atoms with van der Waals surface area (Å²) in [5, 5.41) is 2.78. The SMILES string of the molecule is CN(Cc1ccc(N(C)C)cc1)C(=O)Cc1csc(-c2ccccn2)n1. The minimum Gasteiger partial charge on any atom is -0.378 e. The van der Waals surface area contributed by atoms with Gasteiger partial charge >= 0.3 is 0 Å². The van der Waals surface area contributed by atoms with Gasteiger partial charge in [0.1, 0.15) is 5.01 Å². The number of nitrogens with zero attached hydrogens (tertiary/aromatic N) is 4. The van der Waals surface area contributed by atoms with Crippen molar-refractivity contribution in [2.75, 3.05) is 26.0 Å². The van der Waals surface area contributed by atoms with Gasteiger partial charge in [-0.1, -0.05) is 18.2 Å². The van der Waals surface area contributed by atoms with Crippen LogP contribution in [0.15, 0.2) is 54.0 Å². The highest BCUT2D eigenvalue weighted by Crippen LogP contribution is 2.22. The first-order valence-electron chi connectivity index (χ1n) is 8.39. The minimum atomic E-state index is 0.0551. The van der Waals surface area contributed by atoms with E-state index in [0.717, 1.165) is 27.6 Å². The maximum absolute atomic E-state index is 12.5. The first kappa shape index (κ1) is 18.1. The van der Waals surface area contributed by atoms with E-state index in [1.165, 1.54) is 11.3 Å². The highest BCUT2D eigenvalue weighted by molar-refractivity contribution is 7.13. The van der Waals surface area contributed by atoms with Crippen LogP contribution < -0.4 is 4.90 Å². The molecule has 5 nitrogen and oxygen atoms in total. The summed E-state index contributed by atoms with van der Waals surface area (Å²) in [6.45, 7) is 0.587. The second kappa shape index (κ2) is 8.10. The molecule has 0 saturated heterocycles. The third-order valence-corrected chi connectivity index (χ3v) is 4.98. The number of benzene rings is 1. The van der Waals surface area contributed by atoms with E-state index in [1.807, 2.05) is 44.7 Å². The molecule has 0 spiro atoms. The molecule has 6 heteroatoms. The maximum Gasteiger partial charge on any atom is 0.228 e. The third-order valence-electron chi connectivity index (χ3n) is 4.07. The number of hydrogen-bond donors (Lipinski definition) is 0. The van der Waals surface area contributed by atoms with E-state index >= 15 is 0 Å². The van der Waals surface area contributed by atoms with Crippen molar-refractivity contribution in [3.8, 4) is 10.7 Å². The highest BCUT2D eigenvalue weighted by atomic mass is 32.1. The molecule has 0 aliphatic carbocycles. The average molecular weight is 366 g/mol. The first-order chi connectivity index (χ1) is 12.5. The molecule has 1 aromatic carbocycles. The van der Waals surface area contributed by atoms with Crippen LogP contribution in [-0.2, 0) is 17.8 Å². The molecule has 0 saturated carbocycles. The maximum atomic E-state index is 12.5. The summed E-state index contributed by atoms with van der Waals surface area (Å²) in [5.74, 6) is 0.0551. The predicted molar refractivity (Wildman–Crippen MR) is 106 cm³/mol. The zero-order valence-corrected chi connectivity index (χ0v) is 16.0. The number of carbonyl (C=O) groups is 1. The Morgan fingerprint density at radius 2 is 1.85 bits per heavy atom. The predicted octanol–water partition coefficient (Wildman–Crippen LogP) is 3.47. The molecular formula is C20H22N4OS. The molecule has 2 heterocycles. The summed E-state index contributed by atoms with van der Waals surface area (Å²) < 4.78 is 0. The fourth-order valence-corrected chi connectivity index (χ4v) is 3.34. The van der Waals surface area contributed by atoms with E-state index in [0.29, 0.717) is 13.0 Å². The van der Waals surface area contributed by atoms with Gasteiger partial charge in [0.2, 0.25) is 5.91 Å². The summed E-state index contributed by atoms with van der Waals surface area (Å²) in [5.41, 5.74) is 3.88. The second-order valence-corrected chi connectivity index (χ2v) is 7.20. The minimum absolute atomic E-state index is 0.0551. The van der Waals surface area contributed by atoms with E-state index in [2.05, 4.69) is 39.1 Å². The van der Waals surface area contributed by atoms with Gasteiger partial charge in [0, 0.05) is 45.0 Å². The van der Waals surface area contributed by atoms with Crippen LogP contribution in [0.25, 0.3) is 10.7 Å². The van der Waals surface area contributed by atoms with E-state index in [-0.39, 0.29) is 5.91 Å². The van der Waals surface area contributed by atoms with E-state index < -0.39 is 0 Å². The molecule has 134 valence electrons. The quantitative estimate of drug-likeness (QED) is 0.670. The van der Waals surface area contributed by atoms with Crippen LogP contribution in [0.5, 0.6) is 0 Å². The Hall–Kier alpha value is -2.73. The van der Waals surface area contributed by atoms with Crippen LogP contribution in [0.4, 0.5) is 5.69 Å². The van der Waals surface area contributed by atoms with Gasteiger partial charge in [-0.05, 0) is 29.8 Å². The normalized spacial score (nSPS) is 10.6. The van der Waals surface area contributed by atoms with Crippen molar-refractivity contribution in [1.29, 1.82) is 0 Å². The molecule has 3 rings (SSSR count). The van der Waals surface area contributed by atoms with E-state index in [9.17, 15) is 4.79 Å². The Bertz CT molecular complexity index is 859. The smallest absolute Gasteiger partial charge is 0.228 e. The van der Waals surface area contributed by atoms with Crippen LogP contribution in [0.2, 0.25) is 0 Å². The fourth-order valence-electron chi connectivity index (χ4n) is 2.55. The molecule has 0 aliphatic rings. The number of aromatic nitrogens is 2. The van der Waals surface area contributed by atoms with E-state index in [4.69, 9.17) is 0 Å². The van der Waals surface area contributed by atoms with Crippen LogP contribution in [-0.4, -0.2) is 41.9 Å². The van der Waals surface area contributed by atoms with Gasteiger partial charge in [-0.3, -0.25) is 9.78 Å². The molecule has 0 N–H and O–H groups in total. The zero-order chi connectivity index (χ0) is 18.5. The molecule has 2 aromatic heterocycles. The standard InChI is InChI=1S/C20H22N4OS/c1-23(2)17-9-7-15(8-10-17)13-24(3)19(25)12-16-14-26-20(22-16)18-6-4-5-11-21-18/h4-11,14H,12-13H2,1-3H3. The summed E-state index contributed by atoms with van der Waals surface area (Å²) in [7, 11) is 5.85. The lowest BCUT2D eigenvalue weighted by molar-refractivity contribution is -0.129. The van der Waals surface area contributed by atoms with Crippen molar-refractivity contribution < 1.29 is 4.79 Å². The third kappa shape index (κ3) is 4.46. The Kier molecular flexibility index (Phi) is 5.63. The highest BCUT2D eigenvalue weighted by Gasteiger charge is 2.13. The molecule has 1 amide bonds. The number of pyridine rings is 1. The molecule has 0 radical (unpaired) electrons. The van der Waals surface area contributed by atoms with Gasteiger partial charge in [0.05, 0.1) is 17.8 Å². The lowest BCUT2D eigenvalue weighted by Gasteiger charge is -2.18. The summed E-state index contributed by atoms with van der Waals surface area (Å²) in [4.78, 5) is 25.1. The Morgan fingerprint density at radius 1 is 1.08 bits per heavy atom. The van der Waals surface area contributed by atoms with Crippen LogP contribution >= 0.6 is 11.3 Å². The number of anilines is 1. The fraction of sp³-hybridized carbons (Fsp3) is 0.250. The van der Waals surface area contributed by atoms with Crippen LogP contribution in [0.1, 0.15) is 11.3 Å². The van der Waals surface area contributed by atoms with Gasteiger partial charge in [-0.2, -0.15) is 0 Å². The Balaban J connectivity index is 1.60. The monoisotopic (exact) mass is 366 g/mol. The molecule has 0 unspecified atom stereocenters. The largest absolute Gasteiger partial charge is 0.378 e. The number of carbonyl (C=O) groups excluding carboxylic acids is 1. The van der Waals surface area contributed by atoms with Gasteiger partial charge in [-0.15, -0.1) is 11.3 Å². The number of rotatable bonds is 6. The number of amides is 1. The van der Waals surface area contributed by atoms with Crippen molar-refractivity contribution in [2.24, 2.45) is 0 Å². The molecule has 0 bridgehead atoms. The topological polar surface area (TPSA) is 49.3 Å². The van der Waals surface area contributed by atoms with Crippen LogP contribution in [0, 0.1) is 0 Å². The van der Waals surface area contributed by atoms with E-state index in [1.54, 1.807) is 11.1 Å². The van der Waals surface area contributed by atoms with Gasteiger partial charge in [-0.25, -0.2) is 4.98 Å². The molecular weight excluding hydrogens is 344 g/mol. The van der Waals surface area contributed by atoms with Gasteiger partial charge in [0.25, 0.3) is 0 Å². The van der Waals surface area contributed by atoms with Gasteiger partial charge < -0.3 is 9.80 Å². The van der Waals surface area contributed by atoms with Gasteiger partial charge in [0.15, 0.2) is 0 Å². The number of thiazole rings is 1. The summed E-state index contributed by atoms with van der Waals surface area (Å²) >= 11 is 1.52. The van der Waals surface area contributed by atoms with Crippen molar-refractivity contribution in [1.82, 2.24) is 14.9 Å². The zero-order valence-electron chi connectivity index (χ0n) is 15.2. The number of likely N-dealkylation sites (N-methyl/N-ethyl adjacent to an activating group) is 1. The number of hydrogen-bond acceptors (Lipinski definition) is 5. The Labute approximate surface area is 157 Å². The summed E-state index contributed by atoms with van der Waals surface area (Å²) in [6.07, 6.45) is 2.05. The first-order valence-corrected chi connectivity index (χ1v) is 9.27. The second-order valence-electron chi connectivity index (χ2n) is 6.35. The molecule has 3 aromatic rings. The lowest BCUT2D eigenvalue weighted by atomic mass is 10.2. The van der Waals surface area contributed by atoms with Crippen LogP contribution in [0.3, 0.4) is 0 Å². The van der Waals surface area contributed by atoms with Crippen molar-refractivity contribution in [2.45, 2.75) is 13.0 Å². The molecule has 0 atom stereocenters. The molecule has 26 heavy (non-hydrogen) atoms. The Morgan fingerprint density at radius 3 is 2.50 bits per heavy atom. The average Bonchev–Trinajstić information content (AvgIpc) is 3.11. The van der Waals surface area contributed by atoms with Crippen molar-refractivity contribution >= 4 is 22.9 Å². The molecule has 0 aliphatic heterocycles.